The lowest BCUT2D eigenvalue weighted by molar-refractivity contribution is 0.475. The number of H-pyrrole nitrogens is 1. The van der Waals surface area contributed by atoms with Gasteiger partial charge in [0, 0.05) is 12.3 Å². The van der Waals surface area contributed by atoms with Crippen molar-refractivity contribution in [1.29, 1.82) is 5.26 Å². The fourth-order valence-electron chi connectivity index (χ4n) is 1.76. The summed E-state index contributed by atoms with van der Waals surface area (Å²) in [6, 6.07) is 9.19. The van der Waals surface area contributed by atoms with Gasteiger partial charge >= 0.3 is 0 Å². The summed E-state index contributed by atoms with van der Waals surface area (Å²) in [6.45, 7) is 0. The maximum atomic E-state index is 9.21. The average Bonchev–Trinajstić information content (AvgIpc) is 3.18. The Kier molecular flexibility index (Phi) is 3.09. The number of phenolic OH excluding ortho intramolecular Hbond substituents is 1. The molecule has 0 unspecified atom stereocenters. The summed E-state index contributed by atoms with van der Waals surface area (Å²) in [4.78, 5) is 4.24. The number of rotatable bonds is 4. The highest BCUT2D eigenvalue weighted by Crippen LogP contribution is 2.28. The minimum absolute atomic E-state index is 0.206. The first-order chi connectivity index (χ1) is 9.76. The Morgan fingerprint density at radius 3 is 2.80 bits per heavy atom. The van der Waals surface area contributed by atoms with Crippen LogP contribution in [0, 0.1) is 11.3 Å². The van der Waals surface area contributed by atoms with Crippen LogP contribution >= 0.6 is 0 Å². The maximum absolute atomic E-state index is 9.21. The molecule has 1 aliphatic carbocycles. The van der Waals surface area contributed by atoms with Crippen LogP contribution in [0.2, 0.25) is 0 Å². The van der Waals surface area contributed by atoms with E-state index in [4.69, 9.17) is 0 Å². The van der Waals surface area contributed by atoms with Gasteiger partial charge in [-0.05, 0) is 42.7 Å². The summed E-state index contributed by atoms with van der Waals surface area (Å²) < 4.78 is 0. The van der Waals surface area contributed by atoms with Crippen molar-refractivity contribution in [2.75, 3.05) is 5.32 Å². The molecule has 1 aromatic carbocycles. The third kappa shape index (κ3) is 2.62. The molecular weight excluding hydrogens is 254 g/mol. The molecule has 2 aromatic rings. The molecule has 1 fully saturated rings. The van der Waals surface area contributed by atoms with E-state index in [9.17, 15) is 10.4 Å². The Morgan fingerprint density at radius 1 is 1.40 bits per heavy atom. The number of aromatic amines is 1. The lowest BCUT2D eigenvalue weighted by Gasteiger charge is -1.98. The normalized spacial score (nSPS) is 14.3. The van der Waals surface area contributed by atoms with Crippen LogP contribution < -0.4 is 5.32 Å². The Labute approximate surface area is 115 Å². The van der Waals surface area contributed by atoms with Crippen molar-refractivity contribution in [3.63, 3.8) is 0 Å². The largest absolute Gasteiger partial charge is 0.508 e. The minimum Gasteiger partial charge on any atom is -0.508 e. The van der Waals surface area contributed by atoms with Crippen molar-refractivity contribution in [3.8, 4) is 11.8 Å². The Morgan fingerprint density at radius 2 is 2.15 bits per heavy atom. The van der Waals surface area contributed by atoms with Crippen molar-refractivity contribution in [1.82, 2.24) is 10.2 Å². The molecule has 0 spiro atoms. The van der Waals surface area contributed by atoms with Gasteiger partial charge in [0.1, 0.15) is 17.4 Å². The zero-order chi connectivity index (χ0) is 13.9. The van der Waals surface area contributed by atoms with E-state index >= 15 is 0 Å². The SMILES string of the molecule is N#Cc1c(NC2CC2)n[nH]c1/N=C/c1ccc(O)cc1. The van der Waals surface area contributed by atoms with E-state index < -0.39 is 0 Å². The van der Waals surface area contributed by atoms with E-state index in [1.165, 1.54) is 0 Å². The predicted octanol–water partition coefficient (Wildman–Crippen LogP) is 2.31. The van der Waals surface area contributed by atoms with Gasteiger partial charge in [0.25, 0.3) is 0 Å². The first-order valence-electron chi connectivity index (χ1n) is 6.34. The molecule has 6 heteroatoms. The number of nitrogens with zero attached hydrogens (tertiary/aromatic N) is 3. The molecule has 20 heavy (non-hydrogen) atoms. The standard InChI is InChI=1S/C14H13N5O/c15-7-12-13(18-19-14(12)17-10-3-4-10)16-8-9-1-5-11(20)6-2-9/h1-2,5-6,8,10,20H,3-4H2,(H2,17,18,19)/b16-8+. The highest BCUT2D eigenvalue weighted by molar-refractivity contribution is 5.83. The van der Waals surface area contributed by atoms with Crippen LogP contribution in [0.3, 0.4) is 0 Å². The number of nitriles is 1. The molecule has 0 saturated heterocycles. The molecule has 1 aromatic heterocycles. The van der Waals surface area contributed by atoms with Crippen molar-refractivity contribution >= 4 is 17.9 Å². The second-order valence-corrected chi connectivity index (χ2v) is 4.68. The van der Waals surface area contributed by atoms with E-state index in [-0.39, 0.29) is 5.75 Å². The molecular formula is C14H13N5O. The Hall–Kier alpha value is -2.81. The molecule has 3 rings (SSSR count). The summed E-state index contributed by atoms with van der Waals surface area (Å²) in [5.41, 5.74) is 1.25. The number of hydrogen-bond donors (Lipinski definition) is 3. The van der Waals surface area contributed by atoms with E-state index in [1.54, 1.807) is 30.5 Å². The van der Waals surface area contributed by atoms with Gasteiger partial charge in [-0.3, -0.25) is 5.10 Å². The quantitative estimate of drug-likeness (QED) is 0.740. The maximum Gasteiger partial charge on any atom is 0.168 e. The topological polar surface area (TPSA) is 97.1 Å². The van der Waals surface area contributed by atoms with Crippen LogP contribution in [0.15, 0.2) is 29.3 Å². The lowest BCUT2D eigenvalue weighted by Crippen LogP contribution is -2.02. The van der Waals surface area contributed by atoms with Crippen molar-refractivity contribution in [3.05, 3.63) is 35.4 Å². The highest BCUT2D eigenvalue weighted by Gasteiger charge is 2.24. The number of anilines is 1. The number of nitrogens with one attached hydrogen (secondary N) is 2. The number of aromatic nitrogens is 2. The number of phenols is 1. The fourth-order valence-corrected chi connectivity index (χ4v) is 1.76. The highest BCUT2D eigenvalue weighted by atomic mass is 16.3. The summed E-state index contributed by atoms with van der Waals surface area (Å²) in [5, 5.41) is 28.4. The third-order valence-electron chi connectivity index (χ3n) is 3.01. The molecule has 0 aliphatic heterocycles. The number of benzene rings is 1. The van der Waals surface area contributed by atoms with Crippen LogP contribution in [0.5, 0.6) is 5.75 Å². The van der Waals surface area contributed by atoms with Gasteiger partial charge < -0.3 is 10.4 Å². The van der Waals surface area contributed by atoms with Gasteiger partial charge in [-0.1, -0.05) is 0 Å². The second kappa shape index (κ2) is 5.05. The van der Waals surface area contributed by atoms with Crippen molar-refractivity contribution < 1.29 is 5.11 Å². The van der Waals surface area contributed by atoms with Crippen LogP contribution in [0.4, 0.5) is 11.6 Å². The Bertz CT molecular complexity index is 677. The van der Waals surface area contributed by atoms with Crippen LogP contribution in [-0.4, -0.2) is 27.6 Å². The zero-order valence-corrected chi connectivity index (χ0v) is 10.7. The molecule has 3 N–H and O–H groups in total. The van der Waals surface area contributed by atoms with Gasteiger partial charge in [-0.2, -0.15) is 10.4 Å². The number of hydrogen-bond acceptors (Lipinski definition) is 5. The molecule has 0 amide bonds. The summed E-state index contributed by atoms with van der Waals surface area (Å²) in [7, 11) is 0. The van der Waals surface area contributed by atoms with Gasteiger partial charge in [0.2, 0.25) is 0 Å². The van der Waals surface area contributed by atoms with Gasteiger partial charge in [0.05, 0.1) is 0 Å². The summed E-state index contributed by atoms with van der Waals surface area (Å²) >= 11 is 0. The van der Waals surface area contributed by atoms with Crippen LogP contribution in [0.1, 0.15) is 24.0 Å². The molecule has 1 heterocycles. The number of aromatic hydroxyl groups is 1. The monoisotopic (exact) mass is 267 g/mol. The molecule has 6 nitrogen and oxygen atoms in total. The first kappa shape index (κ1) is 12.2. The van der Waals surface area contributed by atoms with E-state index in [0.717, 1.165) is 18.4 Å². The minimum atomic E-state index is 0.206. The van der Waals surface area contributed by atoms with Crippen molar-refractivity contribution in [2.24, 2.45) is 4.99 Å². The fraction of sp³-hybridized carbons (Fsp3) is 0.214. The Balaban J connectivity index is 1.81. The summed E-state index contributed by atoms with van der Waals surface area (Å²) in [6.07, 6.45) is 3.85. The molecule has 0 bridgehead atoms. The zero-order valence-electron chi connectivity index (χ0n) is 10.7. The predicted molar refractivity (Wildman–Crippen MR) is 75.3 cm³/mol. The van der Waals surface area contributed by atoms with E-state index in [0.29, 0.717) is 23.2 Å². The van der Waals surface area contributed by atoms with Crippen LogP contribution in [0.25, 0.3) is 0 Å². The van der Waals surface area contributed by atoms with E-state index in [1.807, 2.05) is 0 Å². The van der Waals surface area contributed by atoms with Crippen molar-refractivity contribution in [2.45, 2.75) is 18.9 Å². The first-order valence-corrected chi connectivity index (χ1v) is 6.34. The van der Waals surface area contributed by atoms with Gasteiger partial charge in [-0.15, -0.1) is 0 Å². The molecule has 1 saturated carbocycles. The van der Waals surface area contributed by atoms with Gasteiger partial charge in [0.15, 0.2) is 11.6 Å². The second-order valence-electron chi connectivity index (χ2n) is 4.68. The van der Waals surface area contributed by atoms with Gasteiger partial charge in [-0.25, -0.2) is 4.99 Å². The molecule has 1 aliphatic rings. The smallest absolute Gasteiger partial charge is 0.168 e. The van der Waals surface area contributed by atoms with Crippen LogP contribution in [-0.2, 0) is 0 Å². The van der Waals surface area contributed by atoms with E-state index in [2.05, 4.69) is 26.6 Å². The molecule has 0 atom stereocenters. The summed E-state index contributed by atoms with van der Waals surface area (Å²) in [5.74, 6) is 1.20. The third-order valence-corrected chi connectivity index (χ3v) is 3.01. The average molecular weight is 267 g/mol. The molecule has 0 radical (unpaired) electrons. The lowest BCUT2D eigenvalue weighted by atomic mass is 10.2. The molecule has 100 valence electrons. The number of aliphatic imine (C=N–C) groups is 1.